The van der Waals surface area contributed by atoms with Crippen molar-refractivity contribution >= 4 is 28.3 Å². The summed E-state index contributed by atoms with van der Waals surface area (Å²) < 4.78 is 10.4. The van der Waals surface area contributed by atoms with E-state index >= 15 is 0 Å². The first kappa shape index (κ1) is 19.1. The van der Waals surface area contributed by atoms with Crippen LogP contribution in [0, 0.1) is 5.92 Å². The SMILES string of the molecule is COc1ccc(Cc2nnc(NC(=O)C3CC(=O)N(Cc4ccco4)C3)s2)cc1. The summed E-state index contributed by atoms with van der Waals surface area (Å²) in [5.41, 5.74) is 1.08. The molecule has 1 aliphatic rings. The number of carbonyl (C=O) groups is 2. The molecule has 3 heterocycles. The molecule has 3 aromatic rings. The molecule has 4 rings (SSSR count). The Labute approximate surface area is 171 Å². The second-order valence-electron chi connectivity index (χ2n) is 6.77. The number of methoxy groups -OCH3 is 1. The van der Waals surface area contributed by atoms with Crippen molar-refractivity contribution in [3.05, 3.63) is 59.0 Å². The molecule has 1 aliphatic heterocycles. The summed E-state index contributed by atoms with van der Waals surface area (Å²) >= 11 is 1.33. The molecule has 0 spiro atoms. The van der Waals surface area contributed by atoms with E-state index < -0.39 is 5.92 Å². The maximum absolute atomic E-state index is 12.6. The van der Waals surface area contributed by atoms with E-state index in [0.29, 0.717) is 30.4 Å². The van der Waals surface area contributed by atoms with Crippen molar-refractivity contribution in [3.63, 3.8) is 0 Å². The number of nitrogens with one attached hydrogen (secondary N) is 1. The van der Waals surface area contributed by atoms with Gasteiger partial charge in [0.1, 0.15) is 16.5 Å². The standard InChI is InChI=1S/C20H20N4O4S/c1-27-15-6-4-13(5-7-15)9-17-22-23-20(29-17)21-19(26)14-10-18(25)24(11-14)12-16-3-2-8-28-16/h2-8,14H,9-12H2,1H3,(H,21,23,26). The Bertz CT molecular complexity index is 984. The van der Waals surface area contributed by atoms with Gasteiger partial charge in [-0.2, -0.15) is 0 Å². The van der Waals surface area contributed by atoms with E-state index in [1.165, 1.54) is 11.3 Å². The van der Waals surface area contributed by atoms with Gasteiger partial charge in [-0.3, -0.25) is 9.59 Å². The highest BCUT2D eigenvalue weighted by Gasteiger charge is 2.35. The van der Waals surface area contributed by atoms with E-state index in [1.807, 2.05) is 30.3 Å². The molecule has 1 atom stereocenters. The maximum Gasteiger partial charge on any atom is 0.231 e. The second kappa shape index (κ2) is 8.44. The van der Waals surface area contributed by atoms with Gasteiger partial charge in [0.05, 0.1) is 25.8 Å². The van der Waals surface area contributed by atoms with Crippen LogP contribution in [0.15, 0.2) is 47.1 Å². The first-order chi connectivity index (χ1) is 14.1. The van der Waals surface area contributed by atoms with Crippen molar-refractivity contribution in [2.45, 2.75) is 19.4 Å². The molecule has 1 saturated heterocycles. The smallest absolute Gasteiger partial charge is 0.231 e. The molecule has 2 amide bonds. The van der Waals surface area contributed by atoms with E-state index in [1.54, 1.807) is 24.3 Å². The van der Waals surface area contributed by atoms with Gasteiger partial charge in [-0.15, -0.1) is 10.2 Å². The fraction of sp³-hybridized carbons (Fsp3) is 0.300. The molecule has 150 valence electrons. The lowest BCUT2D eigenvalue weighted by Crippen LogP contribution is -2.27. The highest BCUT2D eigenvalue weighted by Crippen LogP contribution is 2.24. The van der Waals surface area contributed by atoms with Crippen molar-refractivity contribution in [1.82, 2.24) is 15.1 Å². The number of hydrogen-bond donors (Lipinski definition) is 1. The van der Waals surface area contributed by atoms with Crippen LogP contribution in [-0.2, 0) is 22.6 Å². The Hall–Kier alpha value is -3.20. The van der Waals surface area contributed by atoms with Gasteiger partial charge in [0.15, 0.2) is 0 Å². The average Bonchev–Trinajstić information content (AvgIpc) is 3.46. The van der Waals surface area contributed by atoms with E-state index in [4.69, 9.17) is 9.15 Å². The second-order valence-corrected chi connectivity index (χ2v) is 7.83. The Kier molecular flexibility index (Phi) is 5.57. The number of furan rings is 1. The maximum atomic E-state index is 12.6. The van der Waals surface area contributed by atoms with Crippen LogP contribution in [0.1, 0.15) is 22.8 Å². The molecule has 0 bridgehead atoms. The zero-order valence-corrected chi connectivity index (χ0v) is 16.6. The Morgan fingerprint density at radius 1 is 1.31 bits per heavy atom. The number of nitrogens with zero attached hydrogens (tertiary/aromatic N) is 3. The lowest BCUT2D eigenvalue weighted by molar-refractivity contribution is -0.128. The molecule has 9 heteroatoms. The normalized spacial score (nSPS) is 16.2. The monoisotopic (exact) mass is 412 g/mol. The first-order valence-corrected chi connectivity index (χ1v) is 9.98. The quantitative estimate of drug-likeness (QED) is 0.641. The highest BCUT2D eigenvalue weighted by atomic mass is 32.1. The van der Waals surface area contributed by atoms with Crippen LogP contribution < -0.4 is 10.1 Å². The average molecular weight is 412 g/mol. The van der Waals surface area contributed by atoms with Crippen LogP contribution >= 0.6 is 11.3 Å². The van der Waals surface area contributed by atoms with Crippen molar-refractivity contribution in [2.24, 2.45) is 5.92 Å². The highest BCUT2D eigenvalue weighted by molar-refractivity contribution is 7.15. The molecule has 0 saturated carbocycles. The van der Waals surface area contributed by atoms with Gasteiger partial charge in [0.25, 0.3) is 0 Å². The summed E-state index contributed by atoms with van der Waals surface area (Å²) in [6, 6.07) is 11.3. The Morgan fingerprint density at radius 2 is 2.14 bits per heavy atom. The molecule has 0 radical (unpaired) electrons. The molecule has 1 N–H and O–H groups in total. The summed E-state index contributed by atoms with van der Waals surface area (Å²) in [7, 11) is 1.63. The molecule has 1 aromatic carbocycles. The van der Waals surface area contributed by atoms with Crippen LogP contribution in [0.3, 0.4) is 0 Å². The minimum Gasteiger partial charge on any atom is -0.497 e. The number of ether oxygens (including phenoxy) is 1. The third-order valence-electron chi connectivity index (χ3n) is 4.72. The van der Waals surface area contributed by atoms with E-state index in [0.717, 1.165) is 16.3 Å². The minimum atomic E-state index is -0.411. The van der Waals surface area contributed by atoms with Crippen LogP contribution in [0.2, 0.25) is 0 Å². The predicted molar refractivity (Wildman–Crippen MR) is 107 cm³/mol. The van der Waals surface area contributed by atoms with E-state index in [-0.39, 0.29) is 18.2 Å². The molecule has 29 heavy (non-hydrogen) atoms. The van der Waals surface area contributed by atoms with Gasteiger partial charge >= 0.3 is 0 Å². The predicted octanol–water partition coefficient (Wildman–Crippen LogP) is 2.72. The molecular weight excluding hydrogens is 392 g/mol. The summed E-state index contributed by atoms with van der Waals surface area (Å²) in [6.45, 7) is 0.739. The number of hydrogen-bond acceptors (Lipinski definition) is 7. The van der Waals surface area contributed by atoms with Crippen LogP contribution in [-0.4, -0.2) is 40.6 Å². The molecule has 8 nitrogen and oxygen atoms in total. The summed E-state index contributed by atoms with van der Waals surface area (Å²) in [5, 5.41) is 12.2. The van der Waals surface area contributed by atoms with Crippen LogP contribution in [0.25, 0.3) is 0 Å². The molecule has 1 fully saturated rings. The third-order valence-corrected chi connectivity index (χ3v) is 5.56. The lowest BCUT2D eigenvalue weighted by atomic mass is 10.1. The van der Waals surface area contributed by atoms with Crippen LogP contribution in [0.5, 0.6) is 5.75 Å². The molecule has 0 aliphatic carbocycles. The third kappa shape index (κ3) is 4.62. The number of carbonyl (C=O) groups excluding carboxylic acids is 2. The van der Waals surface area contributed by atoms with E-state index in [9.17, 15) is 9.59 Å². The fourth-order valence-electron chi connectivity index (χ4n) is 3.19. The van der Waals surface area contributed by atoms with E-state index in [2.05, 4.69) is 15.5 Å². The number of benzene rings is 1. The summed E-state index contributed by atoms with van der Waals surface area (Å²) in [4.78, 5) is 26.4. The number of likely N-dealkylation sites (tertiary alicyclic amines) is 1. The summed E-state index contributed by atoms with van der Waals surface area (Å²) in [5.74, 6) is 0.815. The van der Waals surface area contributed by atoms with Crippen LogP contribution in [0.4, 0.5) is 5.13 Å². The zero-order valence-electron chi connectivity index (χ0n) is 15.8. The van der Waals surface area contributed by atoms with Gasteiger partial charge in [0, 0.05) is 19.4 Å². The van der Waals surface area contributed by atoms with Gasteiger partial charge in [0.2, 0.25) is 16.9 Å². The first-order valence-electron chi connectivity index (χ1n) is 9.17. The fourth-order valence-corrected chi connectivity index (χ4v) is 3.97. The zero-order chi connectivity index (χ0) is 20.2. The van der Waals surface area contributed by atoms with Gasteiger partial charge in [-0.05, 0) is 29.8 Å². The molecule has 2 aromatic heterocycles. The van der Waals surface area contributed by atoms with Crippen molar-refractivity contribution in [3.8, 4) is 5.75 Å². The number of amides is 2. The largest absolute Gasteiger partial charge is 0.497 e. The van der Waals surface area contributed by atoms with Gasteiger partial charge in [-0.25, -0.2) is 0 Å². The van der Waals surface area contributed by atoms with Crippen molar-refractivity contribution in [2.75, 3.05) is 19.0 Å². The minimum absolute atomic E-state index is 0.0565. The van der Waals surface area contributed by atoms with Crippen molar-refractivity contribution < 1.29 is 18.7 Å². The van der Waals surface area contributed by atoms with Crippen molar-refractivity contribution in [1.29, 1.82) is 0 Å². The summed E-state index contributed by atoms with van der Waals surface area (Å²) in [6.07, 6.45) is 2.37. The number of rotatable bonds is 7. The Morgan fingerprint density at radius 3 is 2.86 bits per heavy atom. The molecule has 1 unspecified atom stereocenters. The number of aromatic nitrogens is 2. The molecular formula is C20H20N4O4S. The lowest BCUT2D eigenvalue weighted by Gasteiger charge is -2.14. The van der Waals surface area contributed by atoms with Gasteiger partial charge < -0.3 is 19.4 Å². The number of anilines is 1. The van der Waals surface area contributed by atoms with Gasteiger partial charge in [-0.1, -0.05) is 23.5 Å². The topological polar surface area (TPSA) is 97.6 Å². The Balaban J connectivity index is 1.32.